The Labute approximate surface area is 105 Å². The van der Waals surface area contributed by atoms with Crippen molar-refractivity contribution in [1.29, 1.82) is 0 Å². The van der Waals surface area contributed by atoms with Gasteiger partial charge in [-0.1, -0.05) is 27.7 Å². The summed E-state index contributed by atoms with van der Waals surface area (Å²) in [4.78, 5) is 14.2. The predicted molar refractivity (Wildman–Crippen MR) is 69.5 cm³/mol. The van der Waals surface area contributed by atoms with Crippen molar-refractivity contribution in [2.24, 2.45) is 10.8 Å². The van der Waals surface area contributed by atoms with E-state index >= 15 is 0 Å². The molecule has 1 saturated heterocycles. The van der Waals surface area contributed by atoms with Crippen LogP contribution in [0.5, 0.6) is 0 Å². The Balaban J connectivity index is 2.14. The highest BCUT2D eigenvalue weighted by Gasteiger charge is 2.43. The van der Waals surface area contributed by atoms with E-state index in [0.29, 0.717) is 16.9 Å². The third kappa shape index (κ3) is 2.65. The molecule has 1 unspecified atom stereocenters. The second kappa shape index (κ2) is 3.98. The highest BCUT2D eigenvalue weighted by molar-refractivity contribution is 5.83. The van der Waals surface area contributed by atoms with E-state index in [4.69, 9.17) is 0 Å². The van der Waals surface area contributed by atoms with Gasteiger partial charge in [0.2, 0.25) is 5.91 Å². The number of rotatable bonds is 1. The highest BCUT2D eigenvalue weighted by Crippen LogP contribution is 2.47. The van der Waals surface area contributed by atoms with E-state index in [1.807, 2.05) is 6.92 Å². The number of hydrogen-bond acceptors (Lipinski definition) is 2. The molecule has 1 atom stereocenters. The van der Waals surface area contributed by atoms with Gasteiger partial charge < -0.3 is 4.90 Å². The van der Waals surface area contributed by atoms with Gasteiger partial charge in [0.15, 0.2) is 0 Å². The molecule has 2 fully saturated rings. The molecule has 0 radical (unpaired) electrons. The van der Waals surface area contributed by atoms with Gasteiger partial charge in [-0.25, -0.2) is 0 Å². The molecule has 0 bridgehead atoms. The molecule has 1 heterocycles. The first-order chi connectivity index (χ1) is 7.70. The van der Waals surface area contributed by atoms with Crippen molar-refractivity contribution < 1.29 is 4.79 Å². The summed E-state index contributed by atoms with van der Waals surface area (Å²) < 4.78 is 0. The number of carbonyl (C=O) groups excluding carboxylic acids is 1. The molecule has 3 nitrogen and oxygen atoms in total. The maximum atomic E-state index is 12.1. The van der Waals surface area contributed by atoms with Crippen LogP contribution in [0.4, 0.5) is 0 Å². The summed E-state index contributed by atoms with van der Waals surface area (Å²) in [6.45, 7) is 12.0. The summed E-state index contributed by atoms with van der Waals surface area (Å²) in [6, 6.07) is 0.418. The summed E-state index contributed by atoms with van der Waals surface area (Å²) in [7, 11) is 0. The largest absolute Gasteiger partial charge is 0.326 e. The van der Waals surface area contributed by atoms with Crippen LogP contribution in [0.2, 0.25) is 0 Å². The molecule has 1 amide bonds. The summed E-state index contributed by atoms with van der Waals surface area (Å²) in [5.41, 5.74) is 0.692. The number of nitrogens with zero attached hydrogens (tertiary/aromatic N) is 1. The van der Waals surface area contributed by atoms with Crippen LogP contribution in [0.15, 0.2) is 0 Å². The number of amides is 1. The fraction of sp³-hybridized carbons (Fsp3) is 0.929. The highest BCUT2D eigenvalue weighted by atomic mass is 16.2. The average Bonchev–Trinajstić information content (AvgIpc) is 2.42. The van der Waals surface area contributed by atoms with Crippen molar-refractivity contribution in [2.45, 2.75) is 66.0 Å². The third-order valence-corrected chi connectivity index (χ3v) is 4.20. The maximum absolute atomic E-state index is 12.1. The van der Waals surface area contributed by atoms with E-state index in [2.05, 4.69) is 37.9 Å². The molecule has 1 saturated carbocycles. The molecule has 1 aliphatic carbocycles. The van der Waals surface area contributed by atoms with Gasteiger partial charge in [-0.3, -0.25) is 10.1 Å². The van der Waals surface area contributed by atoms with Crippen molar-refractivity contribution in [3.63, 3.8) is 0 Å². The van der Waals surface area contributed by atoms with Gasteiger partial charge in [0.25, 0.3) is 0 Å². The van der Waals surface area contributed by atoms with E-state index < -0.39 is 0 Å². The molecule has 1 aliphatic heterocycles. The third-order valence-electron chi connectivity index (χ3n) is 4.20. The van der Waals surface area contributed by atoms with Crippen molar-refractivity contribution in [3.8, 4) is 0 Å². The molecule has 98 valence electrons. The van der Waals surface area contributed by atoms with Gasteiger partial charge in [-0.15, -0.1) is 0 Å². The Kier molecular flexibility index (Phi) is 3.01. The van der Waals surface area contributed by atoms with Crippen LogP contribution in [0.25, 0.3) is 0 Å². The van der Waals surface area contributed by atoms with Gasteiger partial charge in [0, 0.05) is 6.04 Å². The number of hydrogen-bond donors (Lipinski definition) is 1. The van der Waals surface area contributed by atoms with Crippen LogP contribution < -0.4 is 5.32 Å². The van der Waals surface area contributed by atoms with Gasteiger partial charge in [0.05, 0.1) is 12.7 Å². The second-order valence-electron chi connectivity index (χ2n) is 7.46. The molecule has 0 spiro atoms. The van der Waals surface area contributed by atoms with Crippen molar-refractivity contribution in [3.05, 3.63) is 0 Å². The monoisotopic (exact) mass is 238 g/mol. The van der Waals surface area contributed by atoms with Gasteiger partial charge in [0.1, 0.15) is 0 Å². The number of carbonyl (C=O) groups is 1. The first-order valence-corrected chi connectivity index (χ1v) is 6.74. The fourth-order valence-corrected chi connectivity index (χ4v) is 3.97. The van der Waals surface area contributed by atoms with Crippen LogP contribution in [0.1, 0.15) is 53.9 Å². The summed E-state index contributed by atoms with van der Waals surface area (Å²) in [5, 5.41) is 3.25. The fourth-order valence-electron chi connectivity index (χ4n) is 3.97. The van der Waals surface area contributed by atoms with Crippen LogP contribution in [-0.2, 0) is 4.79 Å². The standard InChI is InChI=1S/C14H26N2O/c1-10-12(17)16(9-15-10)11-6-13(2,3)8-14(4,5)7-11/h10-11,15H,6-9H2,1-5H3. The van der Waals surface area contributed by atoms with E-state index in [0.717, 1.165) is 19.5 Å². The van der Waals surface area contributed by atoms with Crippen LogP contribution >= 0.6 is 0 Å². The molecular formula is C14H26N2O. The Morgan fingerprint density at radius 1 is 1.18 bits per heavy atom. The molecule has 17 heavy (non-hydrogen) atoms. The van der Waals surface area contributed by atoms with Crippen molar-refractivity contribution in [1.82, 2.24) is 10.2 Å². The smallest absolute Gasteiger partial charge is 0.240 e. The molecule has 0 aromatic carbocycles. The van der Waals surface area contributed by atoms with Gasteiger partial charge in [-0.2, -0.15) is 0 Å². The average molecular weight is 238 g/mol. The Morgan fingerprint density at radius 2 is 1.71 bits per heavy atom. The van der Waals surface area contributed by atoms with Gasteiger partial charge in [-0.05, 0) is 37.0 Å². The van der Waals surface area contributed by atoms with E-state index in [1.54, 1.807) is 0 Å². The lowest BCUT2D eigenvalue weighted by Crippen LogP contribution is -2.47. The molecule has 2 rings (SSSR count). The van der Waals surface area contributed by atoms with Crippen molar-refractivity contribution >= 4 is 5.91 Å². The minimum absolute atomic E-state index is 0.00292. The van der Waals surface area contributed by atoms with E-state index in [9.17, 15) is 4.79 Å². The van der Waals surface area contributed by atoms with E-state index in [1.165, 1.54) is 6.42 Å². The first kappa shape index (κ1) is 12.9. The summed E-state index contributed by atoms with van der Waals surface area (Å²) in [5.74, 6) is 0.281. The van der Waals surface area contributed by atoms with Gasteiger partial charge >= 0.3 is 0 Å². The summed E-state index contributed by atoms with van der Waals surface area (Å²) >= 11 is 0. The minimum Gasteiger partial charge on any atom is -0.326 e. The minimum atomic E-state index is 0.00292. The first-order valence-electron chi connectivity index (χ1n) is 6.74. The lowest BCUT2D eigenvalue weighted by atomic mass is 9.63. The number of nitrogens with one attached hydrogen (secondary N) is 1. The van der Waals surface area contributed by atoms with Crippen LogP contribution in [0.3, 0.4) is 0 Å². The Bertz CT molecular complexity index is 306. The lowest BCUT2D eigenvalue weighted by Gasteiger charge is -2.47. The summed E-state index contributed by atoms with van der Waals surface area (Å²) in [6.07, 6.45) is 3.52. The molecular weight excluding hydrogens is 212 g/mol. The Hall–Kier alpha value is -0.570. The lowest BCUT2D eigenvalue weighted by molar-refractivity contribution is -0.132. The zero-order valence-corrected chi connectivity index (χ0v) is 11.8. The normalized spacial score (nSPS) is 33.1. The molecule has 0 aromatic rings. The Morgan fingerprint density at radius 3 is 2.12 bits per heavy atom. The molecule has 1 N–H and O–H groups in total. The second-order valence-corrected chi connectivity index (χ2v) is 7.46. The molecule has 2 aliphatic rings. The van der Waals surface area contributed by atoms with Crippen LogP contribution in [0, 0.1) is 10.8 Å². The predicted octanol–water partition coefficient (Wildman–Crippen LogP) is 2.37. The topological polar surface area (TPSA) is 32.3 Å². The maximum Gasteiger partial charge on any atom is 0.240 e. The zero-order valence-electron chi connectivity index (χ0n) is 11.8. The zero-order chi connectivity index (χ0) is 12.8. The molecule has 3 heteroatoms. The molecule has 0 aromatic heterocycles. The van der Waals surface area contributed by atoms with E-state index in [-0.39, 0.29) is 11.9 Å². The quantitative estimate of drug-likeness (QED) is 0.760. The van der Waals surface area contributed by atoms with Crippen LogP contribution in [-0.4, -0.2) is 29.6 Å². The van der Waals surface area contributed by atoms with Crippen molar-refractivity contribution in [2.75, 3.05) is 6.67 Å². The SMILES string of the molecule is CC1NCN(C2CC(C)(C)CC(C)(C)C2)C1=O.